The Bertz CT molecular complexity index is 1190. The molecule has 0 aliphatic heterocycles. The topological polar surface area (TPSA) is 52.7 Å². The maximum atomic E-state index is 14.5. The van der Waals surface area contributed by atoms with Gasteiger partial charge in [0.25, 0.3) is 0 Å². The molecule has 0 spiro atoms. The normalized spacial score (nSPS) is 16.9. The largest absolute Gasteiger partial charge is 0.323 e. The van der Waals surface area contributed by atoms with E-state index in [2.05, 4.69) is 46.4 Å². The number of Topliss-reactive ketones (excluding diaryl/α,β-unsaturated/α-hetero) is 1. The van der Waals surface area contributed by atoms with Gasteiger partial charge >= 0.3 is 0 Å². The van der Waals surface area contributed by atoms with E-state index < -0.39 is 12.1 Å². The predicted octanol–water partition coefficient (Wildman–Crippen LogP) is 5.29. The first-order valence-electron chi connectivity index (χ1n) is 12.5. The number of ketones is 1. The highest BCUT2D eigenvalue weighted by molar-refractivity contribution is 5.92. The van der Waals surface area contributed by atoms with Crippen molar-refractivity contribution in [3.05, 3.63) is 107 Å². The molecule has 0 amide bonds. The lowest BCUT2D eigenvalue weighted by Gasteiger charge is -2.27. The Balaban J connectivity index is 1.45. The fourth-order valence-electron chi connectivity index (χ4n) is 5.81. The third-order valence-electron chi connectivity index (χ3n) is 7.56. The Morgan fingerprint density at radius 2 is 1.09 bits per heavy atom. The number of carbonyl (C=O) groups excluding carboxylic acids is 1. The van der Waals surface area contributed by atoms with Crippen molar-refractivity contribution >= 4 is 5.78 Å². The molecule has 0 saturated heterocycles. The molecule has 2 aromatic carbocycles. The molecule has 0 fully saturated rings. The van der Waals surface area contributed by atoms with Gasteiger partial charge in [0.05, 0.1) is 12.7 Å². The van der Waals surface area contributed by atoms with Crippen LogP contribution in [0.25, 0.3) is 0 Å². The molecule has 5 heteroatoms. The second kappa shape index (κ2) is 9.05. The first-order valence-corrected chi connectivity index (χ1v) is 12.5. The second-order valence-corrected chi connectivity index (χ2v) is 9.70. The summed E-state index contributed by atoms with van der Waals surface area (Å²) in [7, 11) is 0. The van der Waals surface area contributed by atoms with Gasteiger partial charge in [-0.1, -0.05) is 36.4 Å². The van der Waals surface area contributed by atoms with Gasteiger partial charge in [0.2, 0.25) is 0 Å². The molecule has 0 radical (unpaired) electrons. The molecule has 0 bridgehead atoms. The van der Waals surface area contributed by atoms with Crippen LogP contribution in [0.3, 0.4) is 0 Å². The molecule has 0 saturated carbocycles. The van der Waals surface area contributed by atoms with Gasteiger partial charge < -0.3 is 9.13 Å². The smallest absolute Gasteiger partial charge is 0.187 e. The van der Waals surface area contributed by atoms with Crippen LogP contribution in [0, 0.1) is 0 Å². The van der Waals surface area contributed by atoms with E-state index in [1.54, 1.807) is 25.0 Å². The van der Waals surface area contributed by atoms with E-state index in [4.69, 9.17) is 0 Å². The van der Waals surface area contributed by atoms with Crippen LogP contribution >= 0.6 is 0 Å². The summed E-state index contributed by atoms with van der Waals surface area (Å²) in [5, 5.41) is 0. The number of hydrogen-bond donors (Lipinski definition) is 0. The second-order valence-electron chi connectivity index (χ2n) is 9.70. The molecule has 2 aliphatic carbocycles. The molecular weight excluding hydrogens is 420 g/mol. The summed E-state index contributed by atoms with van der Waals surface area (Å²) in [5.41, 5.74) is 7.68. The monoisotopic (exact) mass is 450 g/mol. The van der Waals surface area contributed by atoms with Gasteiger partial charge in [0.15, 0.2) is 5.78 Å². The maximum absolute atomic E-state index is 14.5. The molecule has 2 unspecified atom stereocenters. The number of aryl methyl sites for hydroxylation is 4. The first kappa shape index (κ1) is 21.1. The summed E-state index contributed by atoms with van der Waals surface area (Å²) in [6, 6.07) is 12.4. The van der Waals surface area contributed by atoms with Crippen LogP contribution in [0.4, 0.5) is 0 Å². The van der Waals surface area contributed by atoms with Crippen LogP contribution in [0.15, 0.2) is 73.8 Å². The fourth-order valence-corrected chi connectivity index (χ4v) is 5.81. The summed E-state index contributed by atoms with van der Waals surface area (Å²) < 4.78 is 3.91. The summed E-state index contributed by atoms with van der Waals surface area (Å²) >= 11 is 0. The van der Waals surface area contributed by atoms with Gasteiger partial charge in [-0.3, -0.25) is 4.79 Å². The lowest BCUT2D eigenvalue weighted by atomic mass is 9.85. The van der Waals surface area contributed by atoms with E-state index in [0.29, 0.717) is 0 Å². The van der Waals surface area contributed by atoms with Crippen molar-refractivity contribution in [3.8, 4) is 0 Å². The van der Waals surface area contributed by atoms with Gasteiger partial charge in [0.1, 0.15) is 12.1 Å². The molecule has 2 heterocycles. The van der Waals surface area contributed by atoms with E-state index in [1.807, 2.05) is 21.5 Å². The molecular formula is C29H30N4O. The van der Waals surface area contributed by atoms with Crippen molar-refractivity contribution in [2.75, 3.05) is 0 Å². The third-order valence-corrected chi connectivity index (χ3v) is 7.56. The zero-order valence-electron chi connectivity index (χ0n) is 19.4. The highest BCUT2D eigenvalue weighted by Gasteiger charge is 2.33. The number of imidazole rings is 2. The molecule has 172 valence electrons. The van der Waals surface area contributed by atoms with E-state index in [1.165, 1.54) is 47.9 Å². The lowest BCUT2D eigenvalue weighted by molar-refractivity contribution is -0.123. The lowest BCUT2D eigenvalue weighted by Crippen LogP contribution is -2.30. The molecule has 2 atom stereocenters. The number of hydrogen-bond acceptors (Lipinski definition) is 3. The van der Waals surface area contributed by atoms with Crippen molar-refractivity contribution < 1.29 is 4.79 Å². The van der Waals surface area contributed by atoms with Gasteiger partial charge in [-0.05, 0) is 84.7 Å². The molecule has 34 heavy (non-hydrogen) atoms. The molecule has 2 aromatic heterocycles. The van der Waals surface area contributed by atoms with Crippen LogP contribution in [0.5, 0.6) is 0 Å². The summed E-state index contributed by atoms with van der Waals surface area (Å²) in [6.07, 6.45) is 20.2. The number of carbonyl (C=O) groups is 1. The maximum Gasteiger partial charge on any atom is 0.187 e. The fraction of sp³-hybridized carbons (Fsp3) is 0.345. The van der Waals surface area contributed by atoms with Crippen LogP contribution in [-0.2, 0) is 30.5 Å². The van der Waals surface area contributed by atoms with E-state index in [9.17, 15) is 4.79 Å². The summed E-state index contributed by atoms with van der Waals surface area (Å²) in [5.74, 6) is 0.127. The highest BCUT2D eigenvalue weighted by Crippen LogP contribution is 2.33. The van der Waals surface area contributed by atoms with E-state index >= 15 is 0 Å². The number of nitrogens with zero attached hydrogens (tertiary/aromatic N) is 4. The first-order chi connectivity index (χ1) is 16.8. The van der Waals surface area contributed by atoms with Gasteiger partial charge in [-0.15, -0.1) is 0 Å². The summed E-state index contributed by atoms with van der Waals surface area (Å²) in [4.78, 5) is 23.0. The third kappa shape index (κ3) is 3.89. The minimum Gasteiger partial charge on any atom is -0.323 e. The van der Waals surface area contributed by atoms with E-state index in [0.717, 1.165) is 36.8 Å². The number of fused-ring (bicyclic) bond motifs is 2. The average molecular weight is 451 g/mol. The van der Waals surface area contributed by atoms with E-state index in [-0.39, 0.29) is 5.78 Å². The van der Waals surface area contributed by atoms with Crippen LogP contribution in [-0.4, -0.2) is 24.9 Å². The Morgan fingerprint density at radius 1 is 0.647 bits per heavy atom. The Kier molecular flexibility index (Phi) is 5.61. The van der Waals surface area contributed by atoms with Crippen LogP contribution < -0.4 is 0 Å². The summed E-state index contributed by atoms with van der Waals surface area (Å²) in [6.45, 7) is 0. The molecule has 2 aliphatic rings. The Morgan fingerprint density at radius 3 is 1.50 bits per heavy atom. The number of rotatable bonds is 6. The Labute approximate surface area is 200 Å². The quantitative estimate of drug-likeness (QED) is 0.401. The minimum absolute atomic E-state index is 0.127. The molecule has 0 N–H and O–H groups in total. The number of benzene rings is 2. The zero-order chi connectivity index (χ0) is 22.9. The van der Waals surface area contributed by atoms with Crippen molar-refractivity contribution in [2.45, 2.75) is 63.5 Å². The van der Waals surface area contributed by atoms with Crippen molar-refractivity contribution in [2.24, 2.45) is 0 Å². The highest BCUT2D eigenvalue weighted by atomic mass is 16.1. The van der Waals surface area contributed by atoms with Gasteiger partial charge in [0, 0.05) is 24.8 Å². The van der Waals surface area contributed by atoms with Crippen molar-refractivity contribution in [1.82, 2.24) is 19.1 Å². The van der Waals surface area contributed by atoms with Crippen molar-refractivity contribution in [3.63, 3.8) is 0 Å². The zero-order valence-corrected chi connectivity index (χ0v) is 19.4. The Hall–Kier alpha value is -3.47. The molecule has 6 rings (SSSR count). The average Bonchev–Trinajstić information content (AvgIpc) is 3.60. The predicted molar refractivity (Wildman–Crippen MR) is 132 cm³/mol. The standard InChI is InChI=1S/C29H30N4O/c34-29(27(32-15-13-30-19-32)25-11-9-21-5-1-3-7-23(21)17-25)28(33-16-14-31-20-33)26-12-10-22-6-2-4-8-24(22)18-26/h9-20,27-28H,1-8H2. The minimum atomic E-state index is -0.446. The molecule has 5 nitrogen and oxygen atoms in total. The molecule has 4 aromatic rings. The number of aromatic nitrogens is 4. The van der Waals surface area contributed by atoms with Crippen molar-refractivity contribution in [1.29, 1.82) is 0 Å². The van der Waals surface area contributed by atoms with Crippen LogP contribution in [0.2, 0.25) is 0 Å². The van der Waals surface area contributed by atoms with Crippen LogP contribution in [0.1, 0.15) is 71.1 Å². The van der Waals surface area contributed by atoms with Gasteiger partial charge in [-0.25, -0.2) is 9.97 Å². The van der Waals surface area contributed by atoms with Gasteiger partial charge in [-0.2, -0.15) is 0 Å². The SMILES string of the molecule is O=C(C(c1ccc2c(c1)CCCC2)n1ccnc1)C(c1ccc2c(c1)CCCC2)n1ccnc1.